The maximum absolute atomic E-state index is 12.5. The van der Waals surface area contributed by atoms with Gasteiger partial charge in [0.25, 0.3) is 0 Å². The summed E-state index contributed by atoms with van der Waals surface area (Å²) in [4.78, 5) is 25.0. The van der Waals surface area contributed by atoms with Crippen LogP contribution < -0.4 is 0 Å². The molecule has 4 unspecified atom stereocenters. The Bertz CT molecular complexity index is 464. The van der Waals surface area contributed by atoms with Crippen LogP contribution in [0, 0.1) is 35.5 Å². The summed E-state index contributed by atoms with van der Waals surface area (Å²) in [5.74, 6) is 1.70. The molecule has 0 spiro atoms. The zero-order valence-electron chi connectivity index (χ0n) is 22.0. The molecule has 32 heavy (non-hydrogen) atoms. The van der Waals surface area contributed by atoms with Gasteiger partial charge in [-0.05, 0) is 49.4 Å². The van der Waals surface area contributed by atoms with Crippen LogP contribution in [-0.4, -0.2) is 25.2 Å². The summed E-state index contributed by atoms with van der Waals surface area (Å²) < 4.78 is 11.3. The lowest BCUT2D eigenvalue weighted by Gasteiger charge is -2.28. The molecule has 0 radical (unpaired) electrons. The summed E-state index contributed by atoms with van der Waals surface area (Å²) in [6, 6.07) is 0. The Morgan fingerprint density at radius 2 is 0.969 bits per heavy atom. The van der Waals surface area contributed by atoms with Gasteiger partial charge in [-0.1, -0.05) is 92.9 Å². The quantitative estimate of drug-likeness (QED) is 0.179. The molecule has 4 heteroatoms. The second-order valence-corrected chi connectivity index (χ2v) is 10.7. The van der Waals surface area contributed by atoms with Gasteiger partial charge < -0.3 is 9.47 Å². The first kappa shape index (κ1) is 29.0. The second kappa shape index (κ2) is 16.5. The highest BCUT2D eigenvalue weighted by molar-refractivity contribution is 5.75. The maximum Gasteiger partial charge on any atom is 0.308 e. The number of unbranched alkanes of at least 4 members (excludes halogenated alkanes) is 4. The van der Waals surface area contributed by atoms with Crippen molar-refractivity contribution in [2.24, 2.45) is 35.5 Å². The maximum atomic E-state index is 12.5. The number of hydrogen-bond donors (Lipinski definition) is 0. The number of carbonyl (C=O) groups is 2. The Morgan fingerprint density at radius 1 is 0.625 bits per heavy atom. The first-order valence-electron chi connectivity index (χ1n) is 13.6. The van der Waals surface area contributed by atoms with E-state index in [2.05, 4.69) is 41.5 Å². The minimum Gasteiger partial charge on any atom is -0.465 e. The fourth-order valence-electron chi connectivity index (χ4n) is 4.56. The molecular weight excluding hydrogens is 400 g/mol. The van der Waals surface area contributed by atoms with Crippen molar-refractivity contribution < 1.29 is 19.1 Å². The molecule has 1 aliphatic rings. The fraction of sp³-hybridized carbons (Fsp3) is 0.929. The Labute approximate surface area is 198 Å². The summed E-state index contributed by atoms with van der Waals surface area (Å²) in [7, 11) is 0. The van der Waals surface area contributed by atoms with Gasteiger partial charge in [0.2, 0.25) is 0 Å². The zero-order valence-corrected chi connectivity index (χ0v) is 22.0. The summed E-state index contributed by atoms with van der Waals surface area (Å²) in [6.45, 7) is 14.4. The standard InChI is InChI=1S/C28H52O4/c1-7-9-11-13-21(3)23(5)19-31-27(29)25-15-17-26(18-16-25)28(30)32-20-24(6)22(4)14-12-10-8-2/h21-26H,7-20H2,1-6H3. The molecular formula is C28H52O4. The molecule has 0 aromatic rings. The topological polar surface area (TPSA) is 52.6 Å². The van der Waals surface area contributed by atoms with Gasteiger partial charge in [-0.25, -0.2) is 0 Å². The highest BCUT2D eigenvalue weighted by Gasteiger charge is 2.32. The molecule has 0 amide bonds. The molecule has 188 valence electrons. The number of carbonyl (C=O) groups excluding carboxylic acids is 2. The van der Waals surface area contributed by atoms with Crippen LogP contribution in [0.3, 0.4) is 0 Å². The van der Waals surface area contributed by atoms with Crippen molar-refractivity contribution in [3.05, 3.63) is 0 Å². The predicted octanol–water partition coefficient (Wildman–Crippen LogP) is 7.58. The minimum atomic E-state index is -0.0704. The largest absolute Gasteiger partial charge is 0.465 e. The Hall–Kier alpha value is -1.06. The van der Waals surface area contributed by atoms with E-state index < -0.39 is 0 Å². The van der Waals surface area contributed by atoms with Crippen LogP contribution >= 0.6 is 0 Å². The van der Waals surface area contributed by atoms with E-state index >= 15 is 0 Å². The third-order valence-corrected chi connectivity index (χ3v) is 7.84. The summed E-state index contributed by atoms with van der Waals surface area (Å²) in [5.41, 5.74) is 0. The summed E-state index contributed by atoms with van der Waals surface area (Å²) in [5, 5.41) is 0. The molecule has 0 bridgehead atoms. The van der Waals surface area contributed by atoms with Gasteiger partial charge in [0.1, 0.15) is 0 Å². The molecule has 1 rings (SSSR count). The average Bonchev–Trinajstić information content (AvgIpc) is 2.80. The van der Waals surface area contributed by atoms with Crippen molar-refractivity contribution in [1.82, 2.24) is 0 Å². The smallest absolute Gasteiger partial charge is 0.308 e. The van der Waals surface area contributed by atoms with Crippen molar-refractivity contribution in [2.45, 2.75) is 119 Å². The van der Waals surface area contributed by atoms with Crippen LogP contribution in [0.1, 0.15) is 119 Å². The van der Waals surface area contributed by atoms with Crippen LogP contribution in [0.25, 0.3) is 0 Å². The molecule has 0 N–H and O–H groups in total. The van der Waals surface area contributed by atoms with Crippen LogP contribution in [0.15, 0.2) is 0 Å². The molecule has 0 aromatic carbocycles. The summed E-state index contributed by atoms with van der Waals surface area (Å²) >= 11 is 0. The molecule has 4 nitrogen and oxygen atoms in total. The van der Waals surface area contributed by atoms with Gasteiger partial charge in [0, 0.05) is 0 Å². The molecule has 0 saturated heterocycles. The second-order valence-electron chi connectivity index (χ2n) is 10.7. The van der Waals surface area contributed by atoms with Crippen LogP contribution in [0.2, 0.25) is 0 Å². The van der Waals surface area contributed by atoms with E-state index in [0.29, 0.717) is 36.9 Å². The number of ether oxygens (including phenoxy) is 2. The first-order valence-corrected chi connectivity index (χ1v) is 13.6. The summed E-state index contributed by atoms with van der Waals surface area (Å²) in [6.07, 6.45) is 12.9. The molecule has 4 atom stereocenters. The molecule has 0 aromatic heterocycles. The van der Waals surface area contributed by atoms with Crippen molar-refractivity contribution >= 4 is 11.9 Å². The van der Waals surface area contributed by atoms with Gasteiger partial charge >= 0.3 is 11.9 Å². The fourth-order valence-corrected chi connectivity index (χ4v) is 4.56. The third kappa shape index (κ3) is 11.2. The number of esters is 2. The van der Waals surface area contributed by atoms with Gasteiger partial charge in [0.15, 0.2) is 0 Å². The highest BCUT2D eigenvalue weighted by atomic mass is 16.5. The molecule has 0 aliphatic heterocycles. The van der Waals surface area contributed by atoms with E-state index in [-0.39, 0.29) is 23.8 Å². The SMILES string of the molecule is CCCCCC(C)C(C)COC(=O)C1CCC(C(=O)OCC(C)C(C)CCCCC)CC1. The minimum absolute atomic E-state index is 0.0563. The van der Waals surface area contributed by atoms with Crippen molar-refractivity contribution in [3.8, 4) is 0 Å². The first-order chi connectivity index (χ1) is 15.3. The third-order valence-electron chi connectivity index (χ3n) is 7.84. The lowest BCUT2D eigenvalue weighted by molar-refractivity contribution is -0.157. The van der Waals surface area contributed by atoms with Gasteiger partial charge in [-0.15, -0.1) is 0 Å². The van der Waals surface area contributed by atoms with Crippen molar-refractivity contribution in [3.63, 3.8) is 0 Å². The Morgan fingerprint density at radius 3 is 1.28 bits per heavy atom. The molecule has 1 fully saturated rings. The van der Waals surface area contributed by atoms with E-state index in [1.165, 1.54) is 51.4 Å². The lowest BCUT2D eigenvalue weighted by atomic mass is 9.82. The van der Waals surface area contributed by atoms with Crippen molar-refractivity contribution in [2.75, 3.05) is 13.2 Å². The molecule has 1 aliphatic carbocycles. The Kier molecular flexibility index (Phi) is 15.0. The lowest BCUT2D eigenvalue weighted by Crippen LogP contribution is -2.30. The van der Waals surface area contributed by atoms with Crippen LogP contribution in [0.4, 0.5) is 0 Å². The Balaban J connectivity index is 2.26. The average molecular weight is 453 g/mol. The van der Waals surface area contributed by atoms with Crippen LogP contribution in [0.5, 0.6) is 0 Å². The normalized spacial score (nSPS) is 22.6. The predicted molar refractivity (Wildman–Crippen MR) is 132 cm³/mol. The van der Waals surface area contributed by atoms with E-state index in [9.17, 15) is 9.59 Å². The number of rotatable bonds is 16. The van der Waals surface area contributed by atoms with E-state index in [0.717, 1.165) is 25.7 Å². The molecule has 0 heterocycles. The highest BCUT2D eigenvalue weighted by Crippen LogP contribution is 2.31. The van der Waals surface area contributed by atoms with E-state index in [1.807, 2.05) is 0 Å². The van der Waals surface area contributed by atoms with Gasteiger partial charge in [-0.2, -0.15) is 0 Å². The van der Waals surface area contributed by atoms with Gasteiger partial charge in [0.05, 0.1) is 25.0 Å². The van der Waals surface area contributed by atoms with Crippen molar-refractivity contribution in [1.29, 1.82) is 0 Å². The van der Waals surface area contributed by atoms with Gasteiger partial charge in [-0.3, -0.25) is 9.59 Å². The van der Waals surface area contributed by atoms with E-state index in [1.54, 1.807) is 0 Å². The molecule has 1 saturated carbocycles. The zero-order chi connectivity index (χ0) is 23.9. The number of hydrogen-bond acceptors (Lipinski definition) is 4. The monoisotopic (exact) mass is 452 g/mol. The van der Waals surface area contributed by atoms with Crippen LogP contribution in [-0.2, 0) is 19.1 Å². The van der Waals surface area contributed by atoms with E-state index in [4.69, 9.17) is 9.47 Å².